The van der Waals surface area contributed by atoms with E-state index in [1.807, 2.05) is 6.92 Å². The Morgan fingerprint density at radius 2 is 1.81 bits per heavy atom. The molecule has 0 atom stereocenters. The Labute approximate surface area is 184 Å². The van der Waals surface area contributed by atoms with Gasteiger partial charge in [0.25, 0.3) is 15.6 Å². The summed E-state index contributed by atoms with van der Waals surface area (Å²) in [6.07, 6.45) is 3.45. The van der Waals surface area contributed by atoms with Gasteiger partial charge in [0.2, 0.25) is 0 Å². The van der Waals surface area contributed by atoms with Gasteiger partial charge >= 0.3 is 0 Å². The van der Waals surface area contributed by atoms with Crippen molar-refractivity contribution in [2.75, 3.05) is 4.72 Å². The lowest BCUT2D eigenvalue weighted by Gasteiger charge is -2.16. The summed E-state index contributed by atoms with van der Waals surface area (Å²) in [6.45, 7) is 3.42. The highest BCUT2D eigenvalue weighted by Crippen LogP contribution is 2.36. The number of pyridine rings is 1. The zero-order chi connectivity index (χ0) is 23.5. The number of nitrogens with one attached hydrogen (secondary N) is 1. The largest absolute Gasteiger partial charge is 0.454 e. The van der Waals surface area contributed by atoms with Crippen LogP contribution in [0, 0.1) is 11.6 Å². The maximum atomic E-state index is 14.2. The molecule has 0 aliphatic rings. The van der Waals surface area contributed by atoms with Crippen molar-refractivity contribution in [3.8, 4) is 22.6 Å². The lowest BCUT2D eigenvalue weighted by atomic mass is 10.0. The zero-order valence-corrected chi connectivity index (χ0v) is 18.5. The lowest BCUT2D eigenvalue weighted by molar-refractivity contribution is 0.439. The van der Waals surface area contributed by atoms with E-state index in [1.165, 1.54) is 28.8 Å². The lowest BCUT2D eigenvalue weighted by Crippen LogP contribution is -2.20. The minimum absolute atomic E-state index is 0.159. The predicted octanol–water partition coefficient (Wildman–Crippen LogP) is 4.96. The highest BCUT2D eigenvalue weighted by Gasteiger charge is 2.16. The summed E-state index contributed by atoms with van der Waals surface area (Å²) in [5, 5.41) is 1.02. The summed E-state index contributed by atoms with van der Waals surface area (Å²) in [7, 11) is -2.12. The fraction of sp³-hybridized carbons (Fsp3) is 0.174. The minimum atomic E-state index is -3.72. The molecule has 1 heterocycles. The standard InChI is InChI=1S/C23H22F2N2O4S/c1-4-10-32(29,30)26-18-7-9-21(31-22-8-6-17(24)12-20(22)25)19(13-18)16-11-15(5-2)23(28)27(3)14-16/h4,6-14,26H,5H2,1-3H3/b10-4+. The average molecular weight is 461 g/mol. The highest BCUT2D eigenvalue weighted by atomic mass is 32.2. The third kappa shape index (κ3) is 5.23. The molecule has 0 saturated carbocycles. The number of nitrogens with zero attached hydrogens (tertiary/aromatic N) is 1. The summed E-state index contributed by atoms with van der Waals surface area (Å²) in [5.74, 6) is -1.63. The second kappa shape index (κ2) is 9.35. The van der Waals surface area contributed by atoms with E-state index in [-0.39, 0.29) is 22.7 Å². The van der Waals surface area contributed by atoms with Gasteiger partial charge in [0, 0.05) is 47.1 Å². The normalized spacial score (nSPS) is 11.7. The number of halogens is 2. The van der Waals surface area contributed by atoms with Gasteiger partial charge in [-0.1, -0.05) is 13.0 Å². The van der Waals surface area contributed by atoms with Crippen molar-refractivity contribution in [1.29, 1.82) is 0 Å². The Balaban J connectivity index is 2.17. The molecular weight excluding hydrogens is 438 g/mol. The summed E-state index contributed by atoms with van der Waals surface area (Å²) in [4.78, 5) is 12.3. The molecule has 3 rings (SSSR count). The van der Waals surface area contributed by atoms with Gasteiger partial charge in [-0.2, -0.15) is 0 Å². The predicted molar refractivity (Wildman–Crippen MR) is 120 cm³/mol. The molecular formula is C23H22F2N2O4S. The summed E-state index contributed by atoms with van der Waals surface area (Å²) in [5.41, 5.74) is 1.61. The van der Waals surface area contributed by atoms with E-state index < -0.39 is 21.7 Å². The van der Waals surface area contributed by atoms with Crippen molar-refractivity contribution >= 4 is 15.7 Å². The van der Waals surface area contributed by atoms with Gasteiger partial charge in [-0.3, -0.25) is 9.52 Å². The molecule has 0 spiro atoms. The first-order chi connectivity index (χ1) is 15.1. The van der Waals surface area contributed by atoms with Gasteiger partial charge in [-0.25, -0.2) is 17.2 Å². The number of benzene rings is 2. The first-order valence-electron chi connectivity index (χ1n) is 9.76. The number of anilines is 1. The fourth-order valence-electron chi connectivity index (χ4n) is 3.14. The summed E-state index contributed by atoms with van der Waals surface area (Å²) in [6, 6.07) is 9.07. The van der Waals surface area contributed by atoms with Gasteiger partial charge < -0.3 is 9.30 Å². The minimum Gasteiger partial charge on any atom is -0.454 e. The molecule has 0 fully saturated rings. The number of ether oxygens (including phenoxy) is 1. The van der Waals surface area contributed by atoms with Crippen LogP contribution in [0.2, 0.25) is 0 Å². The number of sulfonamides is 1. The van der Waals surface area contributed by atoms with Crippen LogP contribution < -0.4 is 15.0 Å². The Morgan fingerprint density at radius 1 is 1.09 bits per heavy atom. The number of aromatic nitrogens is 1. The Kier molecular flexibility index (Phi) is 6.78. The molecule has 1 aromatic heterocycles. The quantitative estimate of drug-likeness (QED) is 0.541. The Hall–Kier alpha value is -3.46. The van der Waals surface area contributed by atoms with Crippen LogP contribution in [-0.4, -0.2) is 13.0 Å². The summed E-state index contributed by atoms with van der Waals surface area (Å²) >= 11 is 0. The van der Waals surface area contributed by atoms with Crippen LogP contribution in [-0.2, 0) is 23.5 Å². The highest BCUT2D eigenvalue weighted by molar-refractivity contribution is 7.95. The molecule has 6 nitrogen and oxygen atoms in total. The molecule has 9 heteroatoms. The van der Waals surface area contributed by atoms with Crippen LogP contribution in [0.15, 0.2) is 64.9 Å². The third-order valence-electron chi connectivity index (χ3n) is 4.62. The SMILES string of the molecule is C/C=C/S(=O)(=O)Nc1ccc(Oc2ccc(F)cc2F)c(-c2cc(CC)c(=O)n(C)c2)c1. The summed E-state index contributed by atoms with van der Waals surface area (Å²) < 4.78 is 61.3. The molecule has 0 aliphatic carbocycles. The second-order valence-corrected chi connectivity index (χ2v) is 8.59. The van der Waals surface area contributed by atoms with E-state index in [2.05, 4.69) is 4.72 Å². The van der Waals surface area contributed by atoms with Crippen molar-refractivity contribution in [2.24, 2.45) is 7.05 Å². The van der Waals surface area contributed by atoms with E-state index in [0.717, 1.165) is 17.5 Å². The molecule has 3 aromatic rings. The van der Waals surface area contributed by atoms with Crippen LogP contribution in [0.4, 0.5) is 14.5 Å². The molecule has 0 amide bonds. The monoisotopic (exact) mass is 460 g/mol. The van der Waals surface area contributed by atoms with Crippen LogP contribution in [0.25, 0.3) is 11.1 Å². The van der Waals surface area contributed by atoms with Crippen LogP contribution in [0.1, 0.15) is 19.4 Å². The van der Waals surface area contributed by atoms with Gasteiger partial charge in [0.1, 0.15) is 11.6 Å². The molecule has 0 bridgehead atoms. The molecule has 0 aliphatic heterocycles. The van der Waals surface area contributed by atoms with Gasteiger partial charge in [0.05, 0.1) is 0 Å². The van der Waals surface area contributed by atoms with Gasteiger partial charge in [0.15, 0.2) is 11.6 Å². The van der Waals surface area contributed by atoms with Crippen molar-refractivity contribution in [2.45, 2.75) is 20.3 Å². The van der Waals surface area contributed by atoms with Crippen molar-refractivity contribution in [3.63, 3.8) is 0 Å². The van der Waals surface area contributed by atoms with Crippen LogP contribution in [0.3, 0.4) is 0 Å². The molecule has 2 aromatic carbocycles. The molecule has 0 radical (unpaired) electrons. The fourth-order valence-corrected chi connectivity index (χ4v) is 4.02. The van der Waals surface area contributed by atoms with E-state index in [9.17, 15) is 22.0 Å². The van der Waals surface area contributed by atoms with E-state index in [0.29, 0.717) is 29.2 Å². The number of hydrogen-bond acceptors (Lipinski definition) is 4. The van der Waals surface area contributed by atoms with Crippen molar-refractivity contribution in [3.05, 3.63) is 87.7 Å². The van der Waals surface area contributed by atoms with Gasteiger partial charge in [-0.05, 0) is 49.7 Å². The number of rotatable bonds is 7. The number of allylic oxidation sites excluding steroid dienone is 1. The maximum absolute atomic E-state index is 14.2. The third-order valence-corrected chi connectivity index (χ3v) is 5.77. The average Bonchev–Trinajstić information content (AvgIpc) is 2.72. The topological polar surface area (TPSA) is 77.4 Å². The molecule has 32 heavy (non-hydrogen) atoms. The van der Waals surface area contributed by atoms with Crippen LogP contribution in [0.5, 0.6) is 11.5 Å². The molecule has 0 unspecified atom stereocenters. The maximum Gasteiger partial charge on any atom is 0.254 e. The van der Waals surface area contributed by atoms with E-state index in [1.54, 1.807) is 26.2 Å². The molecule has 1 N–H and O–H groups in total. The zero-order valence-electron chi connectivity index (χ0n) is 17.7. The van der Waals surface area contributed by atoms with Crippen molar-refractivity contribution in [1.82, 2.24) is 4.57 Å². The molecule has 168 valence electrons. The molecule has 0 saturated heterocycles. The first kappa shape index (κ1) is 23.2. The smallest absolute Gasteiger partial charge is 0.254 e. The first-order valence-corrected chi connectivity index (χ1v) is 11.3. The Morgan fingerprint density at radius 3 is 2.47 bits per heavy atom. The van der Waals surface area contributed by atoms with Crippen LogP contribution >= 0.6 is 0 Å². The second-order valence-electron chi connectivity index (χ2n) is 7.03. The number of hydrogen-bond donors (Lipinski definition) is 1. The van der Waals surface area contributed by atoms with Crippen molar-refractivity contribution < 1.29 is 21.9 Å². The van der Waals surface area contributed by atoms with E-state index >= 15 is 0 Å². The Bertz CT molecular complexity index is 1350. The number of aryl methyl sites for hydroxylation is 2. The van der Waals surface area contributed by atoms with E-state index in [4.69, 9.17) is 4.74 Å². The van der Waals surface area contributed by atoms with Gasteiger partial charge in [-0.15, -0.1) is 0 Å².